The number of rotatable bonds is 4. The molecule has 5 heteroatoms. The first kappa shape index (κ1) is 13.4. The second kappa shape index (κ2) is 5.30. The molecular formula is C14H18FN3O. The Balaban J connectivity index is 2.36. The van der Waals surface area contributed by atoms with E-state index >= 15 is 0 Å². The van der Waals surface area contributed by atoms with E-state index in [1.54, 1.807) is 6.07 Å². The Morgan fingerprint density at radius 3 is 2.74 bits per heavy atom. The molecule has 0 atom stereocenters. The minimum absolute atomic E-state index is 0.287. The molecule has 2 rings (SSSR count). The zero-order valence-electron chi connectivity index (χ0n) is 11.6. The van der Waals surface area contributed by atoms with E-state index in [1.165, 1.54) is 19.2 Å². The number of hydrogen-bond acceptors (Lipinski definition) is 3. The number of methoxy groups -OCH3 is 1. The van der Waals surface area contributed by atoms with Gasteiger partial charge in [-0.3, -0.25) is 0 Å². The van der Waals surface area contributed by atoms with Crippen molar-refractivity contribution in [3.05, 3.63) is 35.9 Å². The van der Waals surface area contributed by atoms with Gasteiger partial charge in [0.05, 0.1) is 18.5 Å². The van der Waals surface area contributed by atoms with E-state index in [-0.39, 0.29) is 11.9 Å². The predicted octanol–water partition coefficient (Wildman–Crippen LogP) is 3.66. The predicted molar refractivity (Wildman–Crippen MR) is 73.6 cm³/mol. The van der Waals surface area contributed by atoms with E-state index in [9.17, 15) is 4.39 Å². The molecule has 19 heavy (non-hydrogen) atoms. The number of ether oxygens (including phenoxy) is 1. The van der Waals surface area contributed by atoms with Crippen molar-refractivity contribution in [2.75, 3.05) is 12.4 Å². The molecule has 4 nitrogen and oxygen atoms in total. The van der Waals surface area contributed by atoms with Crippen LogP contribution in [0.1, 0.15) is 25.6 Å². The number of aromatic nitrogens is 2. The van der Waals surface area contributed by atoms with E-state index < -0.39 is 0 Å². The summed E-state index contributed by atoms with van der Waals surface area (Å²) in [7, 11) is 1.51. The molecule has 0 aliphatic carbocycles. The lowest BCUT2D eigenvalue weighted by Crippen LogP contribution is -2.06. The van der Waals surface area contributed by atoms with Crippen molar-refractivity contribution < 1.29 is 9.13 Å². The molecule has 2 aromatic rings. The van der Waals surface area contributed by atoms with Crippen LogP contribution in [0.25, 0.3) is 0 Å². The lowest BCUT2D eigenvalue weighted by Gasteiger charge is -2.14. The van der Waals surface area contributed by atoms with Gasteiger partial charge in [-0.25, -0.2) is 9.37 Å². The summed E-state index contributed by atoms with van der Waals surface area (Å²) in [5, 5.41) is 3.18. The van der Waals surface area contributed by atoms with Crippen LogP contribution in [0.15, 0.2) is 24.4 Å². The molecule has 0 aliphatic rings. The van der Waals surface area contributed by atoms with Gasteiger partial charge in [-0.2, -0.15) is 0 Å². The fraction of sp³-hybridized carbons (Fsp3) is 0.357. The van der Waals surface area contributed by atoms with E-state index in [1.807, 2.05) is 17.7 Å². The number of imidazole rings is 1. The summed E-state index contributed by atoms with van der Waals surface area (Å²) < 4.78 is 20.3. The van der Waals surface area contributed by atoms with Crippen LogP contribution in [-0.2, 0) is 0 Å². The maximum atomic E-state index is 13.2. The second-order valence-electron chi connectivity index (χ2n) is 4.68. The molecule has 0 amide bonds. The maximum absolute atomic E-state index is 13.2. The first-order chi connectivity index (χ1) is 9.01. The third-order valence-electron chi connectivity index (χ3n) is 2.82. The number of nitrogens with one attached hydrogen (secondary N) is 1. The van der Waals surface area contributed by atoms with Crippen LogP contribution in [0.5, 0.6) is 5.75 Å². The molecule has 1 aromatic heterocycles. The van der Waals surface area contributed by atoms with Crippen LogP contribution >= 0.6 is 0 Å². The highest BCUT2D eigenvalue weighted by molar-refractivity contribution is 5.63. The standard InChI is InChI=1S/C14H18FN3O/c1-9(2)18-8-10(3)16-14(18)17-12-6-5-11(15)7-13(12)19-4/h5-9H,1-4H3,(H,16,17). The Bertz CT molecular complexity index is 578. The van der Waals surface area contributed by atoms with E-state index in [4.69, 9.17) is 4.74 Å². The topological polar surface area (TPSA) is 39.1 Å². The Labute approximate surface area is 112 Å². The highest BCUT2D eigenvalue weighted by Gasteiger charge is 2.11. The van der Waals surface area contributed by atoms with E-state index in [2.05, 4.69) is 24.1 Å². The molecule has 0 unspecified atom stereocenters. The smallest absolute Gasteiger partial charge is 0.207 e. The van der Waals surface area contributed by atoms with E-state index in [0.717, 1.165) is 11.6 Å². The first-order valence-corrected chi connectivity index (χ1v) is 6.17. The summed E-state index contributed by atoms with van der Waals surface area (Å²) in [5.41, 5.74) is 1.62. The molecule has 102 valence electrons. The SMILES string of the molecule is COc1cc(F)ccc1Nc1nc(C)cn1C(C)C. The van der Waals surface area contributed by atoms with Crippen LogP contribution in [0.2, 0.25) is 0 Å². The van der Waals surface area contributed by atoms with Gasteiger partial charge in [-0.05, 0) is 32.9 Å². The number of anilines is 2. The van der Waals surface area contributed by atoms with Crippen molar-refractivity contribution in [2.45, 2.75) is 26.8 Å². The third-order valence-corrected chi connectivity index (χ3v) is 2.82. The number of nitrogens with zero attached hydrogens (tertiary/aromatic N) is 2. The van der Waals surface area contributed by atoms with Gasteiger partial charge in [0.25, 0.3) is 0 Å². The van der Waals surface area contributed by atoms with Gasteiger partial charge in [0.1, 0.15) is 11.6 Å². The van der Waals surface area contributed by atoms with Crippen LogP contribution in [-0.4, -0.2) is 16.7 Å². The minimum atomic E-state index is -0.328. The molecule has 0 fully saturated rings. The van der Waals surface area contributed by atoms with Gasteiger partial charge in [-0.15, -0.1) is 0 Å². The summed E-state index contributed by atoms with van der Waals surface area (Å²) in [6, 6.07) is 4.66. The molecule has 0 saturated heterocycles. The molecule has 1 heterocycles. The minimum Gasteiger partial charge on any atom is -0.494 e. The molecular weight excluding hydrogens is 245 g/mol. The van der Waals surface area contributed by atoms with Crippen molar-refractivity contribution in [3.63, 3.8) is 0 Å². The summed E-state index contributed by atoms with van der Waals surface area (Å²) in [4.78, 5) is 4.43. The quantitative estimate of drug-likeness (QED) is 0.914. The number of halogens is 1. The van der Waals surface area contributed by atoms with Crippen molar-refractivity contribution >= 4 is 11.6 Å². The molecule has 0 saturated carbocycles. The zero-order chi connectivity index (χ0) is 14.0. The maximum Gasteiger partial charge on any atom is 0.207 e. The van der Waals surface area contributed by atoms with Crippen molar-refractivity contribution in [2.24, 2.45) is 0 Å². The molecule has 0 radical (unpaired) electrons. The van der Waals surface area contributed by atoms with Gasteiger partial charge in [-0.1, -0.05) is 0 Å². The fourth-order valence-corrected chi connectivity index (χ4v) is 1.89. The summed E-state index contributed by atoms with van der Waals surface area (Å²) >= 11 is 0. The van der Waals surface area contributed by atoms with Crippen molar-refractivity contribution in [1.29, 1.82) is 0 Å². The Kier molecular flexibility index (Phi) is 3.74. The normalized spacial score (nSPS) is 10.8. The first-order valence-electron chi connectivity index (χ1n) is 6.17. The van der Waals surface area contributed by atoms with Crippen molar-refractivity contribution in [3.8, 4) is 5.75 Å². The van der Waals surface area contributed by atoms with Crippen LogP contribution in [0.3, 0.4) is 0 Å². The zero-order valence-corrected chi connectivity index (χ0v) is 11.6. The molecule has 0 aliphatic heterocycles. The Hall–Kier alpha value is -2.04. The molecule has 0 spiro atoms. The average Bonchev–Trinajstić information content (AvgIpc) is 2.72. The van der Waals surface area contributed by atoms with Gasteiger partial charge < -0.3 is 14.6 Å². The molecule has 1 N–H and O–H groups in total. The highest BCUT2D eigenvalue weighted by atomic mass is 19.1. The molecule has 0 bridgehead atoms. The van der Waals surface area contributed by atoms with E-state index in [0.29, 0.717) is 11.4 Å². The third kappa shape index (κ3) is 2.86. The lowest BCUT2D eigenvalue weighted by atomic mass is 10.3. The summed E-state index contributed by atoms with van der Waals surface area (Å²) in [6.07, 6.45) is 1.98. The Morgan fingerprint density at radius 2 is 2.11 bits per heavy atom. The summed E-state index contributed by atoms with van der Waals surface area (Å²) in [5.74, 6) is 0.846. The van der Waals surface area contributed by atoms with Crippen LogP contribution < -0.4 is 10.1 Å². The largest absolute Gasteiger partial charge is 0.494 e. The summed E-state index contributed by atoms with van der Waals surface area (Å²) in [6.45, 7) is 6.09. The molecule has 1 aromatic carbocycles. The van der Waals surface area contributed by atoms with Gasteiger partial charge >= 0.3 is 0 Å². The average molecular weight is 263 g/mol. The number of hydrogen-bond donors (Lipinski definition) is 1. The van der Waals surface area contributed by atoms with Gasteiger partial charge in [0.15, 0.2) is 0 Å². The number of benzene rings is 1. The second-order valence-corrected chi connectivity index (χ2v) is 4.68. The van der Waals surface area contributed by atoms with Crippen LogP contribution in [0, 0.1) is 12.7 Å². The lowest BCUT2D eigenvalue weighted by molar-refractivity contribution is 0.413. The Morgan fingerprint density at radius 1 is 1.37 bits per heavy atom. The van der Waals surface area contributed by atoms with Gasteiger partial charge in [0, 0.05) is 18.3 Å². The monoisotopic (exact) mass is 263 g/mol. The fourth-order valence-electron chi connectivity index (χ4n) is 1.89. The van der Waals surface area contributed by atoms with Gasteiger partial charge in [0.2, 0.25) is 5.95 Å². The van der Waals surface area contributed by atoms with Crippen molar-refractivity contribution in [1.82, 2.24) is 9.55 Å². The highest BCUT2D eigenvalue weighted by Crippen LogP contribution is 2.28. The van der Waals surface area contributed by atoms with Crippen LogP contribution in [0.4, 0.5) is 16.0 Å². The number of aryl methyl sites for hydroxylation is 1.